The standard InChI is InChI=1S/C12H8ClF2NO2S/c13-8-1-3-12(4-2-8)19(17,18)16-11-6-9(14)5-10(15)7-11/h1-7,16H. The molecule has 0 radical (unpaired) electrons. The van der Waals surface area contributed by atoms with Crippen LogP contribution < -0.4 is 4.72 Å². The third kappa shape index (κ3) is 3.42. The van der Waals surface area contributed by atoms with E-state index in [1.54, 1.807) is 0 Å². The van der Waals surface area contributed by atoms with E-state index in [0.29, 0.717) is 11.1 Å². The Labute approximate surface area is 113 Å². The fourth-order valence-electron chi connectivity index (χ4n) is 1.44. The van der Waals surface area contributed by atoms with Crippen LogP contribution in [-0.2, 0) is 10.0 Å². The van der Waals surface area contributed by atoms with Crippen LogP contribution in [0.3, 0.4) is 0 Å². The van der Waals surface area contributed by atoms with E-state index in [1.807, 2.05) is 0 Å². The molecular weight excluding hydrogens is 296 g/mol. The second-order valence-corrected chi connectivity index (χ2v) is 5.84. The molecule has 0 aliphatic carbocycles. The molecule has 1 N–H and O–H groups in total. The molecule has 2 aromatic carbocycles. The Morgan fingerprint density at radius 3 is 2.00 bits per heavy atom. The van der Waals surface area contributed by atoms with Crippen molar-refractivity contribution in [3.63, 3.8) is 0 Å². The van der Waals surface area contributed by atoms with E-state index in [4.69, 9.17) is 11.6 Å². The number of benzene rings is 2. The van der Waals surface area contributed by atoms with Gasteiger partial charge in [-0.25, -0.2) is 17.2 Å². The molecule has 0 fully saturated rings. The molecule has 2 aromatic rings. The number of anilines is 1. The summed E-state index contributed by atoms with van der Waals surface area (Å²) in [4.78, 5) is -0.0541. The average molecular weight is 304 g/mol. The zero-order chi connectivity index (χ0) is 14.0. The van der Waals surface area contributed by atoms with Gasteiger partial charge in [0.1, 0.15) is 11.6 Å². The van der Waals surface area contributed by atoms with Crippen molar-refractivity contribution < 1.29 is 17.2 Å². The van der Waals surface area contributed by atoms with Crippen molar-refractivity contribution >= 4 is 27.3 Å². The van der Waals surface area contributed by atoms with Crippen molar-refractivity contribution in [3.8, 4) is 0 Å². The molecule has 0 aromatic heterocycles. The summed E-state index contributed by atoms with van der Waals surface area (Å²) in [7, 11) is -3.91. The van der Waals surface area contributed by atoms with E-state index in [9.17, 15) is 17.2 Å². The largest absolute Gasteiger partial charge is 0.279 e. The molecule has 0 aliphatic rings. The van der Waals surface area contributed by atoms with Crippen LogP contribution in [0.1, 0.15) is 0 Å². The van der Waals surface area contributed by atoms with Crippen LogP contribution in [0, 0.1) is 11.6 Å². The highest BCUT2D eigenvalue weighted by Crippen LogP contribution is 2.19. The summed E-state index contributed by atoms with van der Waals surface area (Å²) in [5, 5.41) is 0.385. The topological polar surface area (TPSA) is 46.2 Å². The van der Waals surface area contributed by atoms with Crippen LogP contribution in [0.4, 0.5) is 14.5 Å². The first-order chi connectivity index (χ1) is 8.87. The average Bonchev–Trinajstić information content (AvgIpc) is 2.27. The van der Waals surface area contributed by atoms with Crippen molar-refractivity contribution in [1.82, 2.24) is 0 Å². The highest BCUT2D eigenvalue weighted by molar-refractivity contribution is 7.92. The molecule has 0 heterocycles. The van der Waals surface area contributed by atoms with Gasteiger partial charge in [0, 0.05) is 11.1 Å². The van der Waals surface area contributed by atoms with E-state index in [2.05, 4.69) is 4.72 Å². The Hall–Kier alpha value is -1.66. The maximum Gasteiger partial charge on any atom is 0.261 e. The van der Waals surface area contributed by atoms with E-state index in [1.165, 1.54) is 24.3 Å². The lowest BCUT2D eigenvalue weighted by Crippen LogP contribution is -2.13. The third-order valence-electron chi connectivity index (χ3n) is 2.24. The smallest absolute Gasteiger partial charge is 0.261 e. The molecular formula is C12H8ClF2NO2S. The Kier molecular flexibility index (Phi) is 3.73. The lowest BCUT2D eigenvalue weighted by molar-refractivity contribution is 0.584. The van der Waals surface area contributed by atoms with Crippen molar-refractivity contribution in [1.29, 1.82) is 0 Å². The lowest BCUT2D eigenvalue weighted by atomic mass is 10.3. The zero-order valence-corrected chi connectivity index (χ0v) is 11.0. The second-order valence-electron chi connectivity index (χ2n) is 3.72. The summed E-state index contributed by atoms with van der Waals surface area (Å²) in [6.07, 6.45) is 0. The normalized spacial score (nSPS) is 11.3. The van der Waals surface area contributed by atoms with Crippen molar-refractivity contribution in [3.05, 3.63) is 59.1 Å². The van der Waals surface area contributed by atoms with Crippen LogP contribution in [-0.4, -0.2) is 8.42 Å². The summed E-state index contributed by atoms with van der Waals surface area (Å²) >= 11 is 5.65. The first-order valence-corrected chi connectivity index (χ1v) is 6.97. The quantitative estimate of drug-likeness (QED) is 0.944. The van der Waals surface area contributed by atoms with Gasteiger partial charge in [-0.1, -0.05) is 11.6 Å². The van der Waals surface area contributed by atoms with Gasteiger partial charge in [0.25, 0.3) is 10.0 Å². The van der Waals surface area contributed by atoms with Gasteiger partial charge in [-0.15, -0.1) is 0 Å². The Balaban J connectivity index is 2.33. The molecule has 0 spiro atoms. The Morgan fingerprint density at radius 2 is 1.47 bits per heavy atom. The maximum atomic E-state index is 13.0. The molecule has 0 atom stereocenters. The summed E-state index contributed by atoms with van der Waals surface area (Å²) in [6, 6.07) is 7.82. The number of halogens is 3. The van der Waals surface area contributed by atoms with Gasteiger partial charge in [0.05, 0.1) is 10.6 Å². The Bertz CT molecular complexity index is 682. The van der Waals surface area contributed by atoms with E-state index in [-0.39, 0.29) is 10.6 Å². The molecule has 2 rings (SSSR count). The van der Waals surface area contributed by atoms with Crippen molar-refractivity contribution in [2.24, 2.45) is 0 Å². The fraction of sp³-hybridized carbons (Fsp3) is 0. The van der Waals surface area contributed by atoms with Crippen LogP contribution >= 0.6 is 11.6 Å². The van der Waals surface area contributed by atoms with Gasteiger partial charge in [-0.2, -0.15) is 0 Å². The maximum absolute atomic E-state index is 13.0. The highest BCUT2D eigenvalue weighted by Gasteiger charge is 2.14. The SMILES string of the molecule is O=S(=O)(Nc1cc(F)cc(F)c1)c1ccc(Cl)cc1. The van der Waals surface area contributed by atoms with Crippen LogP contribution in [0.2, 0.25) is 5.02 Å². The lowest BCUT2D eigenvalue weighted by Gasteiger charge is -2.08. The summed E-state index contributed by atoms with van der Waals surface area (Å²) in [5.74, 6) is -1.73. The predicted octanol–water partition coefficient (Wildman–Crippen LogP) is 3.42. The van der Waals surface area contributed by atoms with Gasteiger partial charge in [0.15, 0.2) is 0 Å². The molecule has 0 aliphatic heterocycles. The van der Waals surface area contributed by atoms with Crippen LogP contribution in [0.15, 0.2) is 47.4 Å². The van der Waals surface area contributed by atoms with Crippen molar-refractivity contribution in [2.75, 3.05) is 4.72 Å². The number of nitrogens with one attached hydrogen (secondary N) is 1. The minimum Gasteiger partial charge on any atom is -0.279 e. The van der Waals surface area contributed by atoms with Gasteiger partial charge < -0.3 is 0 Å². The van der Waals surface area contributed by atoms with Gasteiger partial charge in [0.2, 0.25) is 0 Å². The molecule has 0 saturated heterocycles. The Morgan fingerprint density at radius 1 is 0.947 bits per heavy atom. The molecule has 0 saturated carbocycles. The zero-order valence-electron chi connectivity index (χ0n) is 9.40. The summed E-state index contributed by atoms with van der Waals surface area (Å²) in [6.45, 7) is 0. The summed E-state index contributed by atoms with van der Waals surface area (Å²) in [5.41, 5.74) is -0.188. The number of sulfonamides is 1. The van der Waals surface area contributed by atoms with Gasteiger partial charge >= 0.3 is 0 Å². The molecule has 7 heteroatoms. The third-order valence-corrected chi connectivity index (χ3v) is 3.89. The van der Waals surface area contributed by atoms with Gasteiger partial charge in [-0.05, 0) is 36.4 Å². The van der Waals surface area contributed by atoms with E-state index in [0.717, 1.165) is 12.1 Å². The summed E-state index contributed by atoms with van der Waals surface area (Å²) < 4.78 is 51.9. The second kappa shape index (κ2) is 5.14. The number of rotatable bonds is 3. The molecule has 19 heavy (non-hydrogen) atoms. The molecule has 3 nitrogen and oxygen atoms in total. The van der Waals surface area contributed by atoms with E-state index < -0.39 is 21.7 Å². The molecule has 0 amide bonds. The van der Waals surface area contributed by atoms with Crippen molar-refractivity contribution in [2.45, 2.75) is 4.90 Å². The minimum absolute atomic E-state index is 0.0541. The van der Waals surface area contributed by atoms with Gasteiger partial charge in [-0.3, -0.25) is 4.72 Å². The van der Waals surface area contributed by atoms with Crippen LogP contribution in [0.25, 0.3) is 0 Å². The highest BCUT2D eigenvalue weighted by atomic mass is 35.5. The molecule has 100 valence electrons. The predicted molar refractivity (Wildman–Crippen MR) is 68.6 cm³/mol. The van der Waals surface area contributed by atoms with E-state index >= 15 is 0 Å². The number of hydrogen-bond acceptors (Lipinski definition) is 2. The number of hydrogen-bond donors (Lipinski definition) is 1. The molecule has 0 bridgehead atoms. The molecule has 0 unspecified atom stereocenters. The monoisotopic (exact) mass is 303 g/mol. The first-order valence-electron chi connectivity index (χ1n) is 5.11. The first kappa shape index (κ1) is 13.8. The van der Waals surface area contributed by atoms with Crippen LogP contribution in [0.5, 0.6) is 0 Å². The minimum atomic E-state index is -3.91. The fourth-order valence-corrected chi connectivity index (χ4v) is 2.61.